The molecule has 1 aromatic heterocycles. The predicted molar refractivity (Wildman–Crippen MR) is 78.4 cm³/mol. The first-order valence-electron chi connectivity index (χ1n) is 6.50. The summed E-state index contributed by atoms with van der Waals surface area (Å²) in [4.78, 5) is 30.7. The van der Waals surface area contributed by atoms with Crippen molar-refractivity contribution in [1.82, 2.24) is 9.88 Å². The Morgan fingerprint density at radius 2 is 2.05 bits per heavy atom. The average Bonchev–Trinajstić information content (AvgIpc) is 2.47. The van der Waals surface area contributed by atoms with E-state index in [9.17, 15) is 9.59 Å². The molecule has 1 aromatic rings. The number of hydrogen-bond acceptors (Lipinski definition) is 5. The van der Waals surface area contributed by atoms with Gasteiger partial charge in [0.2, 0.25) is 11.8 Å². The number of hydrogen-bond donors (Lipinski definition) is 1. The first-order valence-corrected chi connectivity index (χ1v) is 6.87. The SMILES string of the molecule is COCC(=O)N1CCN(c2ncc(C(N)=O)cc2Cl)CC1. The van der Waals surface area contributed by atoms with E-state index in [0.717, 1.165) is 0 Å². The molecule has 0 saturated carbocycles. The minimum Gasteiger partial charge on any atom is -0.375 e. The van der Waals surface area contributed by atoms with E-state index in [4.69, 9.17) is 22.1 Å². The average molecular weight is 313 g/mol. The lowest BCUT2D eigenvalue weighted by Gasteiger charge is -2.35. The molecule has 0 aromatic carbocycles. The molecule has 2 rings (SSSR count). The molecule has 1 saturated heterocycles. The number of pyridine rings is 1. The molecule has 0 radical (unpaired) electrons. The Hall–Kier alpha value is -1.86. The van der Waals surface area contributed by atoms with Gasteiger partial charge in [-0.25, -0.2) is 4.98 Å². The number of carbonyl (C=O) groups is 2. The monoisotopic (exact) mass is 312 g/mol. The summed E-state index contributed by atoms with van der Waals surface area (Å²) in [5.41, 5.74) is 5.46. The highest BCUT2D eigenvalue weighted by Crippen LogP contribution is 2.25. The molecule has 1 fully saturated rings. The Morgan fingerprint density at radius 3 is 2.57 bits per heavy atom. The Balaban J connectivity index is 2.02. The summed E-state index contributed by atoms with van der Waals surface area (Å²) in [6.07, 6.45) is 1.41. The quantitative estimate of drug-likeness (QED) is 0.853. The summed E-state index contributed by atoms with van der Waals surface area (Å²) >= 11 is 6.14. The van der Waals surface area contributed by atoms with Crippen molar-refractivity contribution in [1.29, 1.82) is 0 Å². The van der Waals surface area contributed by atoms with Gasteiger partial charge in [-0.1, -0.05) is 11.6 Å². The maximum absolute atomic E-state index is 11.7. The predicted octanol–water partition coefficient (Wildman–Crippen LogP) is 0.129. The fraction of sp³-hybridized carbons (Fsp3) is 0.462. The molecule has 7 nitrogen and oxygen atoms in total. The smallest absolute Gasteiger partial charge is 0.250 e. The van der Waals surface area contributed by atoms with E-state index >= 15 is 0 Å². The lowest BCUT2D eigenvalue weighted by Crippen LogP contribution is -2.50. The Morgan fingerprint density at radius 1 is 1.38 bits per heavy atom. The zero-order valence-corrected chi connectivity index (χ0v) is 12.5. The number of halogens is 1. The van der Waals surface area contributed by atoms with Crippen LogP contribution in [-0.4, -0.2) is 61.6 Å². The fourth-order valence-electron chi connectivity index (χ4n) is 2.18. The molecule has 2 N–H and O–H groups in total. The van der Waals surface area contributed by atoms with Crippen molar-refractivity contribution in [2.75, 3.05) is 44.8 Å². The van der Waals surface area contributed by atoms with Gasteiger partial charge in [0, 0.05) is 39.5 Å². The molecule has 114 valence electrons. The first-order chi connectivity index (χ1) is 10.0. The van der Waals surface area contributed by atoms with Gasteiger partial charge in [0.05, 0.1) is 10.6 Å². The second kappa shape index (κ2) is 6.73. The molecule has 0 unspecified atom stereocenters. The van der Waals surface area contributed by atoms with Crippen molar-refractivity contribution < 1.29 is 14.3 Å². The summed E-state index contributed by atoms with van der Waals surface area (Å²) < 4.78 is 4.84. The van der Waals surface area contributed by atoms with Gasteiger partial charge < -0.3 is 20.3 Å². The van der Waals surface area contributed by atoms with E-state index in [0.29, 0.717) is 37.0 Å². The molecule has 0 spiro atoms. The summed E-state index contributed by atoms with van der Waals surface area (Å²) in [5.74, 6) is 0.00622. The highest BCUT2D eigenvalue weighted by Gasteiger charge is 2.23. The number of methoxy groups -OCH3 is 1. The topological polar surface area (TPSA) is 88.8 Å². The summed E-state index contributed by atoms with van der Waals surface area (Å²) in [5, 5.41) is 0.378. The lowest BCUT2D eigenvalue weighted by atomic mass is 10.2. The van der Waals surface area contributed by atoms with Gasteiger partial charge in [-0.05, 0) is 6.07 Å². The largest absolute Gasteiger partial charge is 0.375 e. The normalized spacial score (nSPS) is 15.1. The lowest BCUT2D eigenvalue weighted by molar-refractivity contribution is -0.135. The Labute approximate surface area is 127 Å². The van der Waals surface area contributed by atoms with Crippen molar-refractivity contribution >= 4 is 29.2 Å². The molecule has 8 heteroatoms. The fourth-order valence-corrected chi connectivity index (χ4v) is 2.47. The van der Waals surface area contributed by atoms with Crippen LogP contribution in [0.3, 0.4) is 0 Å². The molecule has 0 atom stereocenters. The molecule has 21 heavy (non-hydrogen) atoms. The molecule has 2 heterocycles. The molecule has 2 amide bonds. The molecular weight excluding hydrogens is 296 g/mol. The van der Waals surface area contributed by atoms with Crippen LogP contribution in [0.5, 0.6) is 0 Å². The van der Waals surface area contributed by atoms with Crippen LogP contribution in [0.25, 0.3) is 0 Å². The summed E-state index contributed by atoms with van der Waals surface area (Å²) in [6, 6.07) is 1.51. The number of piperazine rings is 1. The second-order valence-electron chi connectivity index (χ2n) is 4.69. The third kappa shape index (κ3) is 3.62. The van der Waals surface area contributed by atoms with Gasteiger partial charge in [-0.2, -0.15) is 0 Å². The molecule has 1 aliphatic heterocycles. The number of nitrogens with two attached hydrogens (primary N) is 1. The van der Waals surface area contributed by atoms with Gasteiger partial charge in [0.15, 0.2) is 0 Å². The summed E-state index contributed by atoms with van der Waals surface area (Å²) in [7, 11) is 1.50. The number of anilines is 1. The van der Waals surface area contributed by atoms with E-state index in [-0.39, 0.29) is 18.1 Å². The second-order valence-corrected chi connectivity index (χ2v) is 5.10. The molecular formula is C13H17ClN4O3. The number of primary amides is 1. The van der Waals surface area contributed by atoms with Gasteiger partial charge in [-0.15, -0.1) is 0 Å². The number of aromatic nitrogens is 1. The maximum Gasteiger partial charge on any atom is 0.250 e. The number of rotatable bonds is 4. The standard InChI is InChI=1S/C13H17ClN4O3/c1-21-8-11(19)17-2-4-18(5-3-17)13-10(14)6-9(7-16-13)12(15)20/h6-7H,2-5,8H2,1H3,(H2,15,20). The maximum atomic E-state index is 11.7. The highest BCUT2D eigenvalue weighted by atomic mass is 35.5. The van der Waals surface area contributed by atoms with Crippen LogP contribution in [0.15, 0.2) is 12.3 Å². The van der Waals surface area contributed by atoms with Crippen LogP contribution in [0, 0.1) is 0 Å². The number of ether oxygens (including phenoxy) is 1. The Bertz CT molecular complexity index is 544. The van der Waals surface area contributed by atoms with Crippen molar-refractivity contribution in [3.63, 3.8) is 0 Å². The van der Waals surface area contributed by atoms with E-state index in [1.807, 2.05) is 4.90 Å². The van der Waals surface area contributed by atoms with Crippen LogP contribution in [0.2, 0.25) is 5.02 Å². The van der Waals surface area contributed by atoms with Gasteiger partial charge >= 0.3 is 0 Å². The van der Waals surface area contributed by atoms with Crippen LogP contribution in [0.1, 0.15) is 10.4 Å². The zero-order valence-electron chi connectivity index (χ0n) is 11.7. The highest BCUT2D eigenvalue weighted by molar-refractivity contribution is 6.33. The molecule has 1 aliphatic rings. The van der Waals surface area contributed by atoms with E-state index in [1.165, 1.54) is 19.4 Å². The molecule has 0 bridgehead atoms. The van der Waals surface area contributed by atoms with Crippen molar-refractivity contribution in [2.24, 2.45) is 5.73 Å². The first kappa shape index (κ1) is 15.5. The van der Waals surface area contributed by atoms with E-state index in [1.54, 1.807) is 4.90 Å². The van der Waals surface area contributed by atoms with E-state index in [2.05, 4.69) is 4.98 Å². The van der Waals surface area contributed by atoms with Gasteiger partial charge in [0.25, 0.3) is 0 Å². The van der Waals surface area contributed by atoms with Crippen LogP contribution in [-0.2, 0) is 9.53 Å². The van der Waals surface area contributed by atoms with Crippen LogP contribution >= 0.6 is 11.6 Å². The number of carbonyl (C=O) groups excluding carboxylic acids is 2. The Kier molecular flexibility index (Phi) is 4.98. The zero-order chi connectivity index (χ0) is 15.4. The van der Waals surface area contributed by atoms with Crippen molar-refractivity contribution in [2.45, 2.75) is 0 Å². The van der Waals surface area contributed by atoms with Crippen LogP contribution in [0.4, 0.5) is 5.82 Å². The van der Waals surface area contributed by atoms with Crippen molar-refractivity contribution in [3.05, 3.63) is 22.8 Å². The van der Waals surface area contributed by atoms with Gasteiger partial charge in [-0.3, -0.25) is 9.59 Å². The minimum atomic E-state index is -0.564. The van der Waals surface area contributed by atoms with Crippen molar-refractivity contribution in [3.8, 4) is 0 Å². The number of amides is 2. The van der Waals surface area contributed by atoms with Crippen LogP contribution < -0.4 is 10.6 Å². The third-order valence-electron chi connectivity index (χ3n) is 3.31. The third-order valence-corrected chi connectivity index (χ3v) is 3.58. The minimum absolute atomic E-state index is 0.0275. The number of nitrogens with zero attached hydrogens (tertiary/aromatic N) is 3. The summed E-state index contributed by atoms with van der Waals surface area (Å²) in [6.45, 7) is 2.50. The van der Waals surface area contributed by atoms with Gasteiger partial charge in [0.1, 0.15) is 12.4 Å². The molecule has 0 aliphatic carbocycles. The van der Waals surface area contributed by atoms with E-state index < -0.39 is 5.91 Å².